The van der Waals surface area contributed by atoms with Gasteiger partial charge in [0.25, 0.3) is 0 Å². The molecule has 0 aromatic heterocycles. The lowest BCUT2D eigenvalue weighted by molar-refractivity contribution is -0.144. The normalized spacial score (nSPS) is 11.9. The number of hydrogen-bond donors (Lipinski definition) is 1. The van der Waals surface area contributed by atoms with Gasteiger partial charge in [0.15, 0.2) is 0 Å². The van der Waals surface area contributed by atoms with Crippen molar-refractivity contribution < 1.29 is 14.6 Å². The van der Waals surface area contributed by atoms with Crippen molar-refractivity contribution >= 4 is 17.6 Å². The van der Waals surface area contributed by atoms with Crippen molar-refractivity contribution in [2.75, 3.05) is 0 Å². The van der Waals surface area contributed by atoms with Crippen LogP contribution in [0.3, 0.4) is 0 Å². The highest BCUT2D eigenvalue weighted by Crippen LogP contribution is 2.30. The van der Waals surface area contributed by atoms with Crippen LogP contribution in [0.5, 0.6) is 11.5 Å². The summed E-state index contributed by atoms with van der Waals surface area (Å²) in [4.78, 5) is 12.6. The zero-order chi connectivity index (χ0) is 21.4. The molecule has 3 aromatic carbocycles. The van der Waals surface area contributed by atoms with Crippen LogP contribution >= 0.6 is 0 Å². The third-order valence-corrected chi connectivity index (χ3v) is 5.13. The molecule has 30 heavy (non-hydrogen) atoms. The van der Waals surface area contributed by atoms with Gasteiger partial charge in [-0.15, -0.1) is 0 Å². The first-order valence-corrected chi connectivity index (χ1v) is 10.3. The van der Waals surface area contributed by atoms with Crippen LogP contribution in [0.4, 0.5) is 0 Å². The fourth-order valence-corrected chi connectivity index (χ4v) is 3.28. The van der Waals surface area contributed by atoms with Crippen LogP contribution < -0.4 is 4.74 Å². The number of ether oxygens (including phenoxy) is 1. The molecule has 0 aliphatic rings. The Bertz CT molecular complexity index is 972. The maximum atomic E-state index is 12.6. The molecule has 0 amide bonds. The van der Waals surface area contributed by atoms with Crippen LogP contribution in [-0.2, 0) is 4.79 Å². The number of benzene rings is 3. The molecule has 0 aliphatic carbocycles. The number of phenolic OH excluding ortho intramolecular Hbond substituents is 1. The van der Waals surface area contributed by atoms with Gasteiger partial charge in [-0.25, -0.2) is 0 Å². The maximum Gasteiger partial charge on any atom is 0.316 e. The molecule has 0 radical (unpaired) electrons. The molecule has 0 aliphatic heterocycles. The summed E-state index contributed by atoms with van der Waals surface area (Å²) < 4.78 is 5.55. The summed E-state index contributed by atoms with van der Waals surface area (Å²) in [6, 6.07) is 26.6. The first-order chi connectivity index (χ1) is 14.4. The minimum Gasteiger partial charge on any atom is -0.508 e. The van der Waals surface area contributed by atoms with Crippen LogP contribution in [-0.4, -0.2) is 11.1 Å². The summed E-state index contributed by atoms with van der Waals surface area (Å²) in [5, 5.41) is 9.53. The van der Waals surface area contributed by atoms with Crippen LogP contribution in [0.25, 0.3) is 11.6 Å². The van der Waals surface area contributed by atoms with Gasteiger partial charge in [0.2, 0.25) is 0 Å². The molecule has 0 unspecified atom stereocenters. The van der Waals surface area contributed by atoms with Crippen molar-refractivity contribution in [2.24, 2.45) is 5.41 Å². The molecule has 0 heterocycles. The van der Waals surface area contributed by atoms with E-state index in [1.54, 1.807) is 24.3 Å². The molecule has 3 nitrogen and oxygen atoms in total. The van der Waals surface area contributed by atoms with Crippen molar-refractivity contribution in [3.63, 3.8) is 0 Å². The van der Waals surface area contributed by atoms with Gasteiger partial charge in [-0.2, -0.15) is 0 Å². The molecule has 0 spiro atoms. The van der Waals surface area contributed by atoms with Crippen molar-refractivity contribution in [1.82, 2.24) is 0 Å². The molecule has 154 valence electrons. The van der Waals surface area contributed by atoms with Crippen LogP contribution in [0, 0.1) is 5.41 Å². The highest BCUT2D eigenvalue weighted by molar-refractivity contribution is 5.82. The molecular formula is C27H28O3. The van der Waals surface area contributed by atoms with E-state index in [1.165, 1.54) is 5.57 Å². The Kier molecular flexibility index (Phi) is 7.08. The largest absolute Gasteiger partial charge is 0.508 e. The van der Waals surface area contributed by atoms with Gasteiger partial charge in [-0.05, 0) is 74.1 Å². The predicted octanol–water partition coefficient (Wildman–Crippen LogP) is 6.73. The quantitative estimate of drug-likeness (QED) is 0.259. The van der Waals surface area contributed by atoms with Gasteiger partial charge in [0, 0.05) is 0 Å². The second kappa shape index (κ2) is 9.93. The lowest BCUT2D eigenvalue weighted by Crippen LogP contribution is -2.29. The Morgan fingerprint density at radius 3 is 2.13 bits per heavy atom. The number of rotatable bonds is 8. The number of para-hydroxylation sites is 1. The molecule has 1 N–H and O–H groups in total. The number of carbonyl (C=O) groups is 1. The Morgan fingerprint density at radius 2 is 1.50 bits per heavy atom. The summed E-state index contributed by atoms with van der Waals surface area (Å²) in [5.74, 6) is 0.623. The highest BCUT2D eigenvalue weighted by Gasteiger charge is 2.29. The average molecular weight is 401 g/mol. The smallest absolute Gasteiger partial charge is 0.316 e. The van der Waals surface area contributed by atoms with E-state index in [-0.39, 0.29) is 11.7 Å². The van der Waals surface area contributed by atoms with Gasteiger partial charge in [0.1, 0.15) is 11.5 Å². The van der Waals surface area contributed by atoms with Crippen molar-refractivity contribution in [3.05, 3.63) is 96.1 Å². The zero-order valence-corrected chi connectivity index (χ0v) is 17.5. The van der Waals surface area contributed by atoms with E-state index in [4.69, 9.17) is 4.74 Å². The van der Waals surface area contributed by atoms with Crippen molar-refractivity contribution in [1.29, 1.82) is 0 Å². The van der Waals surface area contributed by atoms with Gasteiger partial charge >= 0.3 is 5.97 Å². The molecule has 0 bridgehead atoms. The minimum absolute atomic E-state index is 0.211. The summed E-state index contributed by atoms with van der Waals surface area (Å²) in [7, 11) is 0. The lowest BCUT2D eigenvalue weighted by Gasteiger charge is -2.22. The van der Waals surface area contributed by atoms with E-state index in [2.05, 4.69) is 18.2 Å². The summed E-state index contributed by atoms with van der Waals surface area (Å²) in [6.07, 6.45) is 4.56. The fraction of sp³-hybridized carbons (Fsp3) is 0.222. The molecule has 3 rings (SSSR count). The topological polar surface area (TPSA) is 46.5 Å². The molecule has 3 heteroatoms. The third kappa shape index (κ3) is 6.08. The van der Waals surface area contributed by atoms with E-state index < -0.39 is 5.41 Å². The Hall–Kier alpha value is -3.33. The van der Waals surface area contributed by atoms with E-state index in [1.807, 2.05) is 62.4 Å². The predicted molar refractivity (Wildman–Crippen MR) is 122 cm³/mol. The SMILES string of the molecule is CC(C)(CCCC(=Cc1ccc(O)cc1)c1ccccc1)C(=O)Oc1ccccc1. The molecule has 0 fully saturated rings. The highest BCUT2D eigenvalue weighted by atomic mass is 16.5. The van der Waals surface area contributed by atoms with Gasteiger partial charge in [0.05, 0.1) is 5.41 Å². The van der Waals surface area contributed by atoms with Crippen LogP contribution in [0.2, 0.25) is 0 Å². The fourth-order valence-electron chi connectivity index (χ4n) is 3.28. The second-order valence-corrected chi connectivity index (χ2v) is 8.07. The van der Waals surface area contributed by atoms with Gasteiger partial charge in [-0.3, -0.25) is 4.79 Å². The Labute approximate surface area is 178 Å². The summed E-state index contributed by atoms with van der Waals surface area (Å²) in [6.45, 7) is 3.87. The maximum absolute atomic E-state index is 12.6. The number of esters is 1. The monoisotopic (exact) mass is 400 g/mol. The van der Waals surface area contributed by atoms with E-state index in [9.17, 15) is 9.90 Å². The molecule has 0 saturated carbocycles. The van der Waals surface area contributed by atoms with E-state index >= 15 is 0 Å². The zero-order valence-electron chi connectivity index (χ0n) is 17.5. The number of allylic oxidation sites excluding steroid dienone is 1. The summed E-state index contributed by atoms with van der Waals surface area (Å²) >= 11 is 0. The van der Waals surface area contributed by atoms with Crippen LogP contribution in [0.1, 0.15) is 44.2 Å². The van der Waals surface area contributed by atoms with Crippen molar-refractivity contribution in [2.45, 2.75) is 33.1 Å². The standard InChI is InChI=1S/C27H28O3/c1-27(2,26(29)30-25-13-7-4-8-14-25)19-9-12-23(22-10-5-3-6-11-22)20-21-15-17-24(28)18-16-21/h3-8,10-11,13-18,20,28H,9,12,19H2,1-2H3. The molecule has 0 atom stereocenters. The third-order valence-electron chi connectivity index (χ3n) is 5.13. The number of hydrogen-bond acceptors (Lipinski definition) is 3. The Morgan fingerprint density at radius 1 is 0.900 bits per heavy atom. The van der Waals surface area contributed by atoms with Gasteiger partial charge < -0.3 is 9.84 Å². The first-order valence-electron chi connectivity index (χ1n) is 10.3. The first kappa shape index (κ1) is 21.4. The number of phenols is 1. The number of aromatic hydroxyl groups is 1. The van der Waals surface area contributed by atoms with E-state index in [0.29, 0.717) is 5.75 Å². The second-order valence-electron chi connectivity index (χ2n) is 8.07. The Balaban J connectivity index is 1.68. The molecular weight excluding hydrogens is 372 g/mol. The lowest BCUT2D eigenvalue weighted by atomic mass is 9.85. The minimum atomic E-state index is -0.573. The molecule has 3 aromatic rings. The van der Waals surface area contributed by atoms with Crippen LogP contribution in [0.15, 0.2) is 84.9 Å². The molecule has 0 saturated heterocycles. The average Bonchev–Trinajstić information content (AvgIpc) is 2.76. The van der Waals surface area contributed by atoms with E-state index in [0.717, 1.165) is 30.4 Å². The summed E-state index contributed by atoms with van der Waals surface area (Å²) in [5.41, 5.74) is 2.83. The van der Waals surface area contributed by atoms with Crippen molar-refractivity contribution in [3.8, 4) is 11.5 Å². The van der Waals surface area contributed by atoms with Gasteiger partial charge in [-0.1, -0.05) is 66.7 Å². The number of carbonyl (C=O) groups excluding carboxylic acids is 1.